The minimum Gasteiger partial charge on any atom is -1.00 e. The van der Waals surface area contributed by atoms with E-state index in [0.717, 1.165) is 0 Å². The highest BCUT2D eigenvalue weighted by atomic mass is 35.5. The quantitative estimate of drug-likeness (QED) is 0.487. The Labute approximate surface area is 181 Å². The lowest BCUT2D eigenvalue weighted by Crippen LogP contribution is -3.00. The number of nitrogens with zero attached hydrogens (tertiary/aromatic N) is 1. The third-order valence-electron chi connectivity index (χ3n) is 1.85. The lowest BCUT2D eigenvalue weighted by molar-refractivity contribution is -0.583. The highest BCUT2D eigenvalue weighted by molar-refractivity contribution is 5.46. The summed E-state index contributed by atoms with van der Waals surface area (Å²) < 4.78 is 1.70. The maximum absolute atomic E-state index is 4.92. The van der Waals surface area contributed by atoms with Crippen LogP contribution < -0.4 is 17.0 Å². The Morgan fingerprint density at radius 3 is 1.28 bits per heavy atom. The summed E-state index contributed by atoms with van der Waals surface area (Å²) >= 11 is 0. The molecule has 1 aromatic rings. The molecule has 0 aliphatic heterocycles. The van der Waals surface area contributed by atoms with Crippen LogP contribution in [0.3, 0.4) is 0 Å². The monoisotopic (exact) mass is 367 g/mol. The molecular weight excluding hydrogens is 326 g/mol. The number of rotatable bonds is 0. The molecule has 146 valence electrons. The van der Waals surface area contributed by atoms with Crippen LogP contribution in [0.25, 0.3) is 0 Å². The molecule has 0 bridgehead atoms. The van der Waals surface area contributed by atoms with Crippen molar-refractivity contribution < 1.29 is 42.7 Å². The Balaban J connectivity index is -0.0000000178. The summed E-state index contributed by atoms with van der Waals surface area (Å²) in [6.07, 6.45) is 8.56. The SMILES string of the molecule is C#CC#CC#CC#CC#CC#CC#CC#CC#C[n+]1ccccc1.[Cl-].[HH].[HH].[HH].[HH].[HH].[HH].[HH].[HH].[HH].[HH].[HH].[HH].[HH].[HH].[HH].[HH].[HH].[HH]. The van der Waals surface area contributed by atoms with E-state index in [4.69, 9.17) is 6.42 Å². The molecule has 25 heavy (non-hydrogen) atoms. The number of terminal acetylenes is 1. The molecule has 0 aromatic carbocycles. The van der Waals surface area contributed by atoms with E-state index in [9.17, 15) is 0 Å². The normalized spacial score (nSPS) is 5.08. The van der Waals surface area contributed by atoms with E-state index >= 15 is 0 Å². The maximum atomic E-state index is 4.92. The number of pyridine rings is 1. The number of halogens is 1. The van der Waals surface area contributed by atoms with Gasteiger partial charge in [0.2, 0.25) is 6.04 Å². The van der Waals surface area contributed by atoms with Gasteiger partial charge in [-0.15, -0.1) is 11.0 Å². The molecule has 0 atom stereocenters. The van der Waals surface area contributed by atoms with E-state index in [1.165, 1.54) is 0 Å². The second-order valence-electron chi connectivity index (χ2n) is 3.41. The van der Waals surface area contributed by atoms with E-state index in [0.29, 0.717) is 0 Å². The van der Waals surface area contributed by atoms with Gasteiger partial charge in [-0.05, 0) is 47.4 Å². The molecule has 1 nitrogen and oxygen atoms in total. The van der Waals surface area contributed by atoms with Crippen LogP contribution in [0.5, 0.6) is 0 Å². The zero-order chi connectivity index (χ0) is 17.1. The average molecular weight is 368 g/mol. The van der Waals surface area contributed by atoms with Gasteiger partial charge in [0.25, 0.3) is 0 Å². The van der Waals surface area contributed by atoms with Gasteiger partial charge >= 0.3 is 0 Å². The summed E-state index contributed by atoms with van der Waals surface area (Å²) in [6, 6.07) is 8.48. The summed E-state index contributed by atoms with van der Waals surface area (Å²) in [5.41, 5.74) is 0. The lowest BCUT2D eigenvalue weighted by Gasteiger charge is -1.76. The zero-order valence-electron chi connectivity index (χ0n) is 12.8. The summed E-state index contributed by atoms with van der Waals surface area (Å²) in [7, 11) is 0. The Kier molecular flexibility index (Phi) is 13.0. The Morgan fingerprint density at radius 1 is 0.520 bits per heavy atom. The standard InChI is InChI=1S/C23H6N.ClH.18H2/c1-2-3-4-5-6-7-8-9-10-11-12-13-14-15-16-18-21-24-22-19-17-20-23-24;;;;;;;;;;;;;;;;;;;/h1,17,19-20,22-23H;19*1H/q+1;;;;;;;;;;;;;;;;;;;/p-1. The van der Waals surface area contributed by atoms with Crippen LogP contribution in [-0.2, 0) is 0 Å². The number of hydrogen-bond acceptors (Lipinski definition) is 0. The van der Waals surface area contributed by atoms with Gasteiger partial charge in [-0.2, -0.15) is 0 Å². The molecule has 0 spiro atoms. The van der Waals surface area contributed by atoms with Crippen LogP contribution in [0, 0.1) is 107 Å². The van der Waals surface area contributed by atoms with Crippen molar-refractivity contribution in [3.05, 3.63) is 30.6 Å². The Bertz CT molecular complexity index is 1180. The predicted octanol–water partition coefficient (Wildman–Crippen LogP) is 1.87. The van der Waals surface area contributed by atoms with Crippen LogP contribution >= 0.6 is 0 Å². The van der Waals surface area contributed by atoms with Crippen molar-refractivity contribution in [2.24, 2.45) is 0 Å². The fourth-order valence-electron chi connectivity index (χ4n) is 1.01. The second kappa shape index (κ2) is 15.9. The average Bonchev–Trinajstić information content (AvgIpc) is 2.62. The molecule has 0 fully saturated rings. The third kappa shape index (κ3) is 12.9. The van der Waals surface area contributed by atoms with E-state index in [1.807, 2.05) is 30.6 Å². The van der Waals surface area contributed by atoms with Crippen LogP contribution in [0.1, 0.15) is 25.7 Å². The van der Waals surface area contributed by atoms with Gasteiger partial charge in [0.1, 0.15) is 0 Å². The first kappa shape index (κ1) is 20.5. The number of aromatic nitrogens is 1. The minimum absolute atomic E-state index is 0. The zero-order valence-corrected chi connectivity index (χ0v) is 13.5. The molecule has 1 rings (SSSR count). The van der Waals surface area contributed by atoms with Gasteiger partial charge in [-0.1, -0.05) is 6.07 Å². The Hall–Kier alpha value is -4.52. The van der Waals surface area contributed by atoms with Crippen molar-refractivity contribution in [1.29, 1.82) is 0 Å². The molecule has 1 aromatic heterocycles. The molecule has 0 unspecified atom stereocenters. The maximum Gasteiger partial charge on any atom is 0.243 e. The summed E-state index contributed by atoms with van der Waals surface area (Å²) in [5.74, 6) is 39.8. The van der Waals surface area contributed by atoms with Crippen LogP contribution in [0.2, 0.25) is 0 Å². The molecule has 0 amide bonds. The summed E-state index contributed by atoms with van der Waals surface area (Å²) in [6.45, 7) is 0. The predicted molar refractivity (Wildman–Crippen MR) is 131 cm³/mol. The van der Waals surface area contributed by atoms with Crippen LogP contribution in [0.15, 0.2) is 30.6 Å². The number of hydrogen-bond donors (Lipinski definition) is 0. The largest absolute Gasteiger partial charge is 1.00 e. The second-order valence-corrected chi connectivity index (χ2v) is 3.41. The van der Waals surface area contributed by atoms with Crippen molar-refractivity contribution >= 4 is 0 Å². The molecule has 0 aliphatic rings. The molecular formula is C23H42ClN. The lowest BCUT2D eigenvalue weighted by atomic mass is 10.5. The molecule has 0 N–H and O–H groups in total. The summed E-state index contributed by atoms with van der Waals surface area (Å²) in [4.78, 5) is 0. The molecule has 0 aliphatic carbocycles. The van der Waals surface area contributed by atoms with E-state index in [2.05, 4.69) is 101 Å². The first-order valence-corrected chi connectivity index (χ1v) is 6.36. The van der Waals surface area contributed by atoms with Crippen molar-refractivity contribution in [3.63, 3.8) is 0 Å². The van der Waals surface area contributed by atoms with E-state index in [-0.39, 0.29) is 38.1 Å². The third-order valence-corrected chi connectivity index (χ3v) is 1.85. The van der Waals surface area contributed by atoms with E-state index in [1.54, 1.807) is 4.57 Å². The molecule has 0 saturated heterocycles. The highest BCUT2D eigenvalue weighted by Gasteiger charge is 1.86. The van der Waals surface area contributed by atoms with Gasteiger partial charge in [0.15, 0.2) is 12.4 Å². The van der Waals surface area contributed by atoms with Gasteiger partial charge < -0.3 is 12.4 Å². The Morgan fingerprint density at radius 2 is 0.880 bits per heavy atom. The first-order chi connectivity index (χ1) is 11.9. The van der Waals surface area contributed by atoms with Gasteiger partial charge in [0, 0.05) is 79.3 Å². The van der Waals surface area contributed by atoms with Crippen molar-refractivity contribution in [2.45, 2.75) is 0 Å². The van der Waals surface area contributed by atoms with E-state index < -0.39 is 0 Å². The minimum atomic E-state index is 0. The summed E-state index contributed by atoms with van der Waals surface area (Å²) in [5, 5.41) is 0. The fourth-order valence-corrected chi connectivity index (χ4v) is 1.01. The van der Waals surface area contributed by atoms with Gasteiger partial charge in [0.05, 0.1) is 5.92 Å². The first-order valence-electron chi connectivity index (χ1n) is 6.36. The molecule has 2 heteroatoms. The van der Waals surface area contributed by atoms with Crippen molar-refractivity contribution in [1.82, 2.24) is 0 Å². The van der Waals surface area contributed by atoms with Crippen LogP contribution in [0.4, 0.5) is 0 Å². The molecule has 1 heterocycles. The topological polar surface area (TPSA) is 3.88 Å². The highest BCUT2D eigenvalue weighted by Crippen LogP contribution is 1.73. The molecule has 0 radical (unpaired) electrons. The van der Waals surface area contributed by atoms with Gasteiger partial charge in [-0.3, -0.25) is 0 Å². The van der Waals surface area contributed by atoms with Crippen LogP contribution in [-0.4, -0.2) is 0 Å². The molecule has 0 saturated carbocycles. The van der Waals surface area contributed by atoms with Gasteiger partial charge in [-0.25, -0.2) is 0 Å². The van der Waals surface area contributed by atoms with Crippen molar-refractivity contribution in [3.8, 4) is 107 Å². The smallest absolute Gasteiger partial charge is 0.243 e. The van der Waals surface area contributed by atoms with Crippen molar-refractivity contribution in [2.75, 3.05) is 0 Å². The fraction of sp³-hybridized carbons (Fsp3) is 0.